The van der Waals surface area contributed by atoms with Crippen molar-refractivity contribution in [2.24, 2.45) is 0 Å². The number of anilines is 2. The molecule has 1 amide bonds. The fraction of sp³-hybridized carbons (Fsp3) is 0.261. The molecule has 0 bridgehead atoms. The first kappa shape index (κ1) is 19.8. The number of pyridine rings is 2. The fourth-order valence-corrected chi connectivity index (χ4v) is 3.49. The van der Waals surface area contributed by atoms with Crippen LogP contribution in [0, 0.1) is 0 Å². The molecule has 2 aromatic heterocycles. The molecule has 0 atom stereocenters. The maximum atomic E-state index is 12.7. The van der Waals surface area contributed by atoms with Gasteiger partial charge in [0.25, 0.3) is 5.91 Å². The van der Waals surface area contributed by atoms with Crippen LogP contribution in [-0.4, -0.2) is 61.1 Å². The molecule has 4 rings (SSSR count). The summed E-state index contributed by atoms with van der Waals surface area (Å²) in [5.74, 6) is 0.610. The summed E-state index contributed by atoms with van der Waals surface area (Å²) in [5, 5.41) is 2.98. The second kappa shape index (κ2) is 8.92. The molecule has 0 radical (unpaired) electrons. The van der Waals surface area contributed by atoms with Crippen LogP contribution in [0.25, 0.3) is 11.3 Å². The van der Waals surface area contributed by atoms with E-state index in [0.29, 0.717) is 5.56 Å². The quantitative estimate of drug-likeness (QED) is 0.706. The van der Waals surface area contributed by atoms with E-state index >= 15 is 0 Å². The third-order valence-electron chi connectivity index (χ3n) is 5.28. The van der Waals surface area contributed by atoms with Gasteiger partial charge in [0, 0.05) is 56.0 Å². The summed E-state index contributed by atoms with van der Waals surface area (Å²) in [6.45, 7) is 3.83. The summed E-state index contributed by atoms with van der Waals surface area (Å²) < 4.78 is 5.54. The zero-order valence-corrected chi connectivity index (χ0v) is 17.2. The lowest BCUT2D eigenvalue weighted by Gasteiger charge is -2.34. The third-order valence-corrected chi connectivity index (χ3v) is 5.28. The molecule has 0 unspecified atom stereocenters. The van der Waals surface area contributed by atoms with E-state index in [-0.39, 0.29) is 5.91 Å². The van der Waals surface area contributed by atoms with Gasteiger partial charge in [-0.15, -0.1) is 0 Å². The molecule has 0 spiro atoms. The van der Waals surface area contributed by atoms with Gasteiger partial charge in [-0.1, -0.05) is 0 Å². The van der Waals surface area contributed by atoms with Crippen molar-refractivity contribution in [1.29, 1.82) is 0 Å². The first-order valence-corrected chi connectivity index (χ1v) is 9.93. The van der Waals surface area contributed by atoms with Crippen LogP contribution in [0.1, 0.15) is 10.4 Å². The number of aromatic nitrogens is 2. The summed E-state index contributed by atoms with van der Waals surface area (Å²) in [5.41, 5.74) is 3.99. The Hall–Kier alpha value is -3.45. The van der Waals surface area contributed by atoms with Crippen LogP contribution in [0.4, 0.5) is 11.4 Å². The van der Waals surface area contributed by atoms with Crippen LogP contribution in [0.5, 0.6) is 5.75 Å². The van der Waals surface area contributed by atoms with Crippen molar-refractivity contribution in [3.05, 3.63) is 66.6 Å². The number of ether oxygens (including phenoxy) is 1. The number of hydrogen-bond donors (Lipinski definition) is 1. The molecule has 3 heterocycles. The number of likely N-dealkylation sites (N-methyl/N-ethyl adjacent to an activating group) is 1. The van der Waals surface area contributed by atoms with Gasteiger partial charge in [0.1, 0.15) is 5.75 Å². The standard InChI is InChI=1S/C23H25N5O2/c1-27-11-13-28(14-12-27)21-15-19(4-6-22(21)30-2)26-23(29)18-3-5-20(25-16-18)17-7-9-24-10-8-17/h3-10,15-16H,11-14H2,1-2H3,(H,26,29). The van der Waals surface area contributed by atoms with E-state index in [2.05, 4.69) is 32.1 Å². The third kappa shape index (κ3) is 4.41. The van der Waals surface area contributed by atoms with Crippen LogP contribution in [-0.2, 0) is 0 Å². The summed E-state index contributed by atoms with van der Waals surface area (Å²) >= 11 is 0. The van der Waals surface area contributed by atoms with Crippen LogP contribution >= 0.6 is 0 Å². The number of rotatable bonds is 5. The lowest BCUT2D eigenvalue weighted by molar-refractivity contribution is 0.102. The van der Waals surface area contributed by atoms with E-state index < -0.39 is 0 Å². The Kier molecular flexibility index (Phi) is 5.90. The lowest BCUT2D eigenvalue weighted by Crippen LogP contribution is -2.44. The number of hydrogen-bond acceptors (Lipinski definition) is 6. The zero-order valence-electron chi connectivity index (χ0n) is 17.2. The van der Waals surface area contributed by atoms with Crippen LogP contribution < -0.4 is 15.0 Å². The highest BCUT2D eigenvalue weighted by Gasteiger charge is 2.18. The van der Waals surface area contributed by atoms with Crippen molar-refractivity contribution in [3.8, 4) is 17.0 Å². The predicted octanol–water partition coefficient (Wildman–Crippen LogP) is 3.16. The Labute approximate surface area is 176 Å². The van der Waals surface area contributed by atoms with Crippen LogP contribution in [0.15, 0.2) is 61.1 Å². The normalized spacial score (nSPS) is 14.4. The Balaban J connectivity index is 1.49. The molecular formula is C23H25N5O2. The van der Waals surface area contributed by atoms with E-state index in [0.717, 1.165) is 54.6 Å². The second-order valence-corrected chi connectivity index (χ2v) is 7.30. The van der Waals surface area contributed by atoms with Gasteiger partial charge < -0.3 is 19.9 Å². The molecule has 3 aromatic rings. The van der Waals surface area contributed by atoms with Crippen molar-refractivity contribution in [1.82, 2.24) is 14.9 Å². The number of nitrogens with one attached hydrogen (secondary N) is 1. The minimum atomic E-state index is -0.196. The minimum Gasteiger partial charge on any atom is -0.495 e. The van der Waals surface area contributed by atoms with Gasteiger partial charge in [-0.25, -0.2) is 0 Å². The smallest absolute Gasteiger partial charge is 0.257 e. The molecule has 1 saturated heterocycles. The predicted molar refractivity (Wildman–Crippen MR) is 118 cm³/mol. The van der Waals surface area contributed by atoms with Gasteiger partial charge in [0.2, 0.25) is 0 Å². The Morgan fingerprint density at radius 1 is 1.03 bits per heavy atom. The molecule has 1 aliphatic heterocycles. The second-order valence-electron chi connectivity index (χ2n) is 7.30. The monoisotopic (exact) mass is 403 g/mol. The average molecular weight is 403 g/mol. The summed E-state index contributed by atoms with van der Waals surface area (Å²) in [6.07, 6.45) is 5.04. The van der Waals surface area contributed by atoms with Gasteiger partial charge in [-0.05, 0) is 49.5 Å². The van der Waals surface area contributed by atoms with E-state index in [1.54, 1.807) is 31.8 Å². The average Bonchev–Trinajstić information content (AvgIpc) is 2.80. The van der Waals surface area contributed by atoms with Crippen molar-refractivity contribution in [3.63, 3.8) is 0 Å². The van der Waals surface area contributed by atoms with Crippen molar-refractivity contribution < 1.29 is 9.53 Å². The number of benzene rings is 1. The first-order chi connectivity index (χ1) is 14.6. The number of carbonyl (C=O) groups excluding carboxylic acids is 1. The number of methoxy groups -OCH3 is 1. The van der Waals surface area contributed by atoms with Gasteiger partial charge in [0.05, 0.1) is 24.1 Å². The molecule has 7 nitrogen and oxygen atoms in total. The van der Waals surface area contributed by atoms with Crippen molar-refractivity contribution >= 4 is 17.3 Å². The lowest BCUT2D eigenvalue weighted by atomic mass is 10.1. The molecule has 7 heteroatoms. The van der Waals surface area contributed by atoms with Gasteiger partial charge in [-0.2, -0.15) is 0 Å². The molecule has 0 aliphatic carbocycles. The topological polar surface area (TPSA) is 70.6 Å². The van der Waals surface area contributed by atoms with Crippen LogP contribution in [0.2, 0.25) is 0 Å². The summed E-state index contributed by atoms with van der Waals surface area (Å²) in [7, 11) is 3.79. The maximum Gasteiger partial charge on any atom is 0.257 e. The molecule has 1 N–H and O–H groups in total. The van der Waals surface area contributed by atoms with E-state index in [4.69, 9.17) is 4.74 Å². The number of amides is 1. The SMILES string of the molecule is COc1ccc(NC(=O)c2ccc(-c3ccncc3)nc2)cc1N1CCN(C)CC1. The molecular weight excluding hydrogens is 378 g/mol. The highest BCUT2D eigenvalue weighted by molar-refractivity contribution is 6.04. The largest absolute Gasteiger partial charge is 0.495 e. The highest BCUT2D eigenvalue weighted by Crippen LogP contribution is 2.32. The zero-order chi connectivity index (χ0) is 20.9. The molecule has 0 saturated carbocycles. The number of carbonyl (C=O) groups is 1. The fourth-order valence-electron chi connectivity index (χ4n) is 3.49. The number of piperazine rings is 1. The van der Waals surface area contributed by atoms with Gasteiger partial charge in [-0.3, -0.25) is 14.8 Å². The van der Waals surface area contributed by atoms with E-state index in [1.807, 2.05) is 36.4 Å². The molecule has 1 aromatic carbocycles. The van der Waals surface area contributed by atoms with E-state index in [1.165, 1.54) is 0 Å². The van der Waals surface area contributed by atoms with Crippen molar-refractivity contribution in [2.75, 3.05) is 50.6 Å². The van der Waals surface area contributed by atoms with Crippen molar-refractivity contribution in [2.45, 2.75) is 0 Å². The molecule has 1 aliphatic rings. The minimum absolute atomic E-state index is 0.196. The molecule has 30 heavy (non-hydrogen) atoms. The summed E-state index contributed by atoms with van der Waals surface area (Å²) in [6, 6.07) is 13.1. The molecule has 154 valence electrons. The Morgan fingerprint density at radius 3 is 2.47 bits per heavy atom. The summed E-state index contributed by atoms with van der Waals surface area (Å²) in [4.78, 5) is 25.8. The van der Waals surface area contributed by atoms with Gasteiger partial charge >= 0.3 is 0 Å². The highest BCUT2D eigenvalue weighted by atomic mass is 16.5. The Bertz CT molecular complexity index is 1000. The Morgan fingerprint density at radius 2 is 1.80 bits per heavy atom. The maximum absolute atomic E-state index is 12.7. The number of nitrogens with zero attached hydrogens (tertiary/aromatic N) is 4. The van der Waals surface area contributed by atoms with Gasteiger partial charge in [0.15, 0.2) is 0 Å². The van der Waals surface area contributed by atoms with Crippen LogP contribution in [0.3, 0.4) is 0 Å². The molecule has 1 fully saturated rings. The van der Waals surface area contributed by atoms with E-state index in [9.17, 15) is 4.79 Å². The first-order valence-electron chi connectivity index (χ1n) is 9.93.